The summed E-state index contributed by atoms with van der Waals surface area (Å²) >= 11 is 3.32. The summed E-state index contributed by atoms with van der Waals surface area (Å²) in [4.78, 5) is 11.2. The van der Waals surface area contributed by atoms with Crippen molar-refractivity contribution in [1.29, 1.82) is 0 Å². The first-order valence-corrected chi connectivity index (χ1v) is 5.26. The number of carbonyl (C=O) groups is 1. The van der Waals surface area contributed by atoms with Crippen molar-refractivity contribution in [2.45, 2.75) is 26.7 Å². The molecule has 0 radical (unpaired) electrons. The maximum Gasteiger partial charge on any atom is 0.163 e. The molecule has 0 bridgehead atoms. The minimum atomic E-state index is -0.120. The lowest BCUT2D eigenvalue weighted by Gasteiger charge is -2.11. The highest BCUT2D eigenvalue weighted by Crippen LogP contribution is 2.32. The Morgan fingerprint density at radius 3 is 2.43 bits per heavy atom. The third kappa shape index (κ3) is 2.15. The van der Waals surface area contributed by atoms with Crippen LogP contribution in [-0.2, 0) is 0 Å². The Kier molecular flexibility index (Phi) is 3.32. The molecule has 0 spiro atoms. The zero-order valence-corrected chi connectivity index (χ0v) is 10.1. The number of hydrogen-bond acceptors (Lipinski definition) is 2. The Hall–Kier alpha value is -0.830. The molecule has 0 aromatic heterocycles. The molecule has 1 rings (SSSR count). The highest BCUT2D eigenvalue weighted by Gasteiger charge is 2.14. The van der Waals surface area contributed by atoms with E-state index in [9.17, 15) is 9.90 Å². The van der Waals surface area contributed by atoms with Gasteiger partial charge in [-0.2, -0.15) is 0 Å². The molecule has 0 aliphatic rings. The lowest BCUT2D eigenvalue weighted by Crippen LogP contribution is -1.98. The quantitative estimate of drug-likeness (QED) is 0.823. The van der Waals surface area contributed by atoms with Crippen LogP contribution in [0, 0.1) is 0 Å². The number of Topliss-reactive ketones (excluding diaryl/α,β-unsaturated/α-hetero) is 1. The summed E-state index contributed by atoms with van der Waals surface area (Å²) in [6.45, 7) is 5.41. The van der Waals surface area contributed by atoms with Crippen molar-refractivity contribution in [2.75, 3.05) is 0 Å². The average molecular weight is 257 g/mol. The van der Waals surface area contributed by atoms with E-state index in [1.165, 1.54) is 6.92 Å². The van der Waals surface area contributed by atoms with Gasteiger partial charge in [0.2, 0.25) is 0 Å². The van der Waals surface area contributed by atoms with Gasteiger partial charge < -0.3 is 5.11 Å². The van der Waals surface area contributed by atoms with Gasteiger partial charge in [0.15, 0.2) is 5.78 Å². The molecule has 1 aromatic rings. The maximum atomic E-state index is 11.2. The molecular weight excluding hydrogens is 244 g/mol. The van der Waals surface area contributed by atoms with Crippen LogP contribution >= 0.6 is 15.9 Å². The largest absolute Gasteiger partial charge is 0.507 e. The van der Waals surface area contributed by atoms with Crippen molar-refractivity contribution in [3.8, 4) is 5.75 Å². The Labute approximate surface area is 92.1 Å². The molecule has 0 aliphatic carbocycles. The third-order valence-electron chi connectivity index (χ3n) is 2.11. The molecule has 2 nitrogen and oxygen atoms in total. The molecule has 0 heterocycles. The normalized spacial score (nSPS) is 10.6. The maximum absolute atomic E-state index is 11.2. The van der Waals surface area contributed by atoms with Crippen LogP contribution < -0.4 is 0 Å². The number of ketones is 1. The topological polar surface area (TPSA) is 37.3 Å². The highest BCUT2D eigenvalue weighted by molar-refractivity contribution is 9.10. The van der Waals surface area contributed by atoms with E-state index >= 15 is 0 Å². The van der Waals surface area contributed by atoms with E-state index in [0.29, 0.717) is 5.56 Å². The van der Waals surface area contributed by atoms with Gasteiger partial charge >= 0.3 is 0 Å². The molecule has 0 amide bonds. The van der Waals surface area contributed by atoms with Crippen LogP contribution in [0.1, 0.15) is 42.6 Å². The number of aromatic hydroxyl groups is 1. The van der Waals surface area contributed by atoms with Crippen LogP contribution in [-0.4, -0.2) is 10.9 Å². The van der Waals surface area contributed by atoms with E-state index < -0.39 is 0 Å². The molecule has 14 heavy (non-hydrogen) atoms. The summed E-state index contributed by atoms with van der Waals surface area (Å²) in [5.74, 6) is 0.187. The summed E-state index contributed by atoms with van der Waals surface area (Å²) in [6.07, 6.45) is 0. The van der Waals surface area contributed by atoms with Gasteiger partial charge in [0, 0.05) is 4.47 Å². The average Bonchev–Trinajstić information content (AvgIpc) is 2.07. The van der Waals surface area contributed by atoms with Gasteiger partial charge in [-0.05, 0) is 30.5 Å². The second-order valence-electron chi connectivity index (χ2n) is 3.60. The fraction of sp³-hybridized carbons (Fsp3) is 0.364. The SMILES string of the molecule is CC(=O)c1cc(Br)cc(C(C)C)c1O. The highest BCUT2D eigenvalue weighted by atomic mass is 79.9. The van der Waals surface area contributed by atoms with E-state index in [1.54, 1.807) is 6.07 Å². The smallest absolute Gasteiger partial charge is 0.163 e. The van der Waals surface area contributed by atoms with Crippen LogP contribution in [0.15, 0.2) is 16.6 Å². The summed E-state index contributed by atoms with van der Waals surface area (Å²) in [5, 5.41) is 9.81. The molecule has 0 atom stereocenters. The fourth-order valence-electron chi connectivity index (χ4n) is 1.33. The number of rotatable bonds is 2. The van der Waals surface area contributed by atoms with Gasteiger partial charge in [-0.15, -0.1) is 0 Å². The van der Waals surface area contributed by atoms with E-state index in [2.05, 4.69) is 15.9 Å². The minimum absolute atomic E-state index is 0.107. The van der Waals surface area contributed by atoms with Crippen molar-refractivity contribution >= 4 is 21.7 Å². The van der Waals surface area contributed by atoms with Crippen molar-refractivity contribution in [3.05, 3.63) is 27.7 Å². The number of phenols is 1. The van der Waals surface area contributed by atoms with Crippen molar-refractivity contribution in [2.24, 2.45) is 0 Å². The third-order valence-corrected chi connectivity index (χ3v) is 2.56. The number of carbonyl (C=O) groups excluding carboxylic acids is 1. The van der Waals surface area contributed by atoms with Gasteiger partial charge in [-0.3, -0.25) is 4.79 Å². The van der Waals surface area contributed by atoms with E-state index in [0.717, 1.165) is 10.0 Å². The molecule has 0 unspecified atom stereocenters. The van der Waals surface area contributed by atoms with E-state index in [4.69, 9.17) is 0 Å². The van der Waals surface area contributed by atoms with Gasteiger partial charge in [0.25, 0.3) is 0 Å². The molecule has 1 N–H and O–H groups in total. The zero-order valence-electron chi connectivity index (χ0n) is 8.47. The lowest BCUT2D eigenvalue weighted by atomic mass is 9.98. The van der Waals surface area contributed by atoms with Gasteiger partial charge in [0.1, 0.15) is 5.75 Å². The molecule has 1 aromatic carbocycles. The number of halogens is 1. The first kappa shape index (κ1) is 11.2. The van der Waals surface area contributed by atoms with Crippen molar-refractivity contribution in [1.82, 2.24) is 0 Å². The molecule has 76 valence electrons. The molecular formula is C11H13BrO2. The zero-order chi connectivity index (χ0) is 10.9. The summed E-state index contributed by atoms with van der Waals surface area (Å²) in [6, 6.07) is 3.48. The Morgan fingerprint density at radius 2 is 2.00 bits per heavy atom. The van der Waals surface area contributed by atoms with Gasteiger partial charge in [-0.1, -0.05) is 29.8 Å². The molecule has 3 heteroatoms. The summed E-state index contributed by atoms with van der Waals surface area (Å²) in [5.41, 5.74) is 1.17. The van der Waals surface area contributed by atoms with Crippen LogP contribution in [0.2, 0.25) is 0 Å². The first-order valence-electron chi connectivity index (χ1n) is 4.46. The molecule has 0 fully saturated rings. The predicted octanol–water partition coefficient (Wildman–Crippen LogP) is 3.48. The number of hydrogen-bond donors (Lipinski definition) is 1. The fourth-order valence-corrected chi connectivity index (χ4v) is 1.80. The number of benzene rings is 1. The van der Waals surface area contributed by atoms with Crippen molar-refractivity contribution < 1.29 is 9.90 Å². The Morgan fingerprint density at radius 1 is 1.43 bits per heavy atom. The van der Waals surface area contributed by atoms with E-state index in [1.807, 2.05) is 19.9 Å². The van der Waals surface area contributed by atoms with Gasteiger partial charge in [0.05, 0.1) is 5.56 Å². The van der Waals surface area contributed by atoms with Crippen LogP contribution in [0.4, 0.5) is 0 Å². The first-order chi connectivity index (χ1) is 6.43. The summed E-state index contributed by atoms with van der Waals surface area (Å²) < 4.78 is 0.823. The van der Waals surface area contributed by atoms with Crippen LogP contribution in [0.3, 0.4) is 0 Å². The van der Waals surface area contributed by atoms with E-state index in [-0.39, 0.29) is 17.5 Å². The monoisotopic (exact) mass is 256 g/mol. The second-order valence-corrected chi connectivity index (χ2v) is 4.52. The molecule has 0 saturated carbocycles. The standard InChI is InChI=1S/C11H13BrO2/c1-6(2)9-4-8(12)5-10(7(3)13)11(9)14/h4-6,14H,1-3H3. The molecule has 0 aliphatic heterocycles. The Bertz CT molecular complexity index is 370. The number of phenolic OH excluding ortho intramolecular Hbond substituents is 1. The second kappa shape index (κ2) is 4.13. The summed E-state index contributed by atoms with van der Waals surface area (Å²) in [7, 11) is 0. The van der Waals surface area contributed by atoms with Crippen molar-refractivity contribution in [3.63, 3.8) is 0 Å². The van der Waals surface area contributed by atoms with Gasteiger partial charge in [-0.25, -0.2) is 0 Å². The van der Waals surface area contributed by atoms with Crippen LogP contribution in [0.25, 0.3) is 0 Å². The van der Waals surface area contributed by atoms with Crippen LogP contribution in [0.5, 0.6) is 5.75 Å². The Balaban J connectivity index is 3.40. The molecule has 0 saturated heterocycles. The lowest BCUT2D eigenvalue weighted by molar-refractivity contribution is 0.101. The minimum Gasteiger partial charge on any atom is -0.507 e. The predicted molar refractivity (Wildman–Crippen MR) is 59.9 cm³/mol.